The molecule has 1 amide bonds. The van der Waals surface area contributed by atoms with Crippen LogP contribution in [-0.2, 0) is 6.42 Å². The summed E-state index contributed by atoms with van der Waals surface area (Å²) in [5.74, 6) is -0.277. The molecule has 3 rings (SSSR count). The van der Waals surface area contributed by atoms with Crippen molar-refractivity contribution < 1.29 is 9.18 Å². The quantitative estimate of drug-likeness (QED) is 0.804. The number of hydrogen-bond acceptors (Lipinski definition) is 3. The monoisotopic (exact) mass is 304 g/mol. The van der Waals surface area contributed by atoms with Gasteiger partial charge in [0, 0.05) is 30.0 Å². The average Bonchev–Trinajstić information content (AvgIpc) is 2.93. The molecule has 21 heavy (non-hydrogen) atoms. The Labute approximate surface area is 127 Å². The third-order valence-electron chi connectivity index (χ3n) is 3.96. The van der Waals surface area contributed by atoms with E-state index in [-0.39, 0.29) is 11.7 Å². The fourth-order valence-corrected chi connectivity index (χ4v) is 4.01. The molecule has 0 bridgehead atoms. The first-order valence-electron chi connectivity index (χ1n) is 7.06. The zero-order chi connectivity index (χ0) is 15.1. The van der Waals surface area contributed by atoms with Gasteiger partial charge in [-0.25, -0.2) is 4.39 Å². The highest BCUT2D eigenvalue weighted by molar-refractivity contribution is 7.17. The molecule has 110 valence electrons. The Morgan fingerprint density at radius 1 is 1.38 bits per heavy atom. The maximum absolute atomic E-state index is 13.4. The summed E-state index contributed by atoms with van der Waals surface area (Å²) in [7, 11) is 0. The number of benzene rings is 1. The van der Waals surface area contributed by atoms with E-state index in [0.717, 1.165) is 21.6 Å². The lowest BCUT2D eigenvalue weighted by atomic mass is 10.0. The van der Waals surface area contributed by atoms with Crippen LogP contribution in [0.2, 0.25) is 0 Å². The second kappa shape index (κ2) is 5.15. The van der Waals surface area contributed by atoms with Crippen LogP contribution in [0.15, 0.2) is 18.2 Å². The topological polar surface area (TPSA) is 46.3 Å². The number of carbonyl (C=O) groups excluding carboxylic acids is 1. The molecule has 0 radical (unpaired) electrons. The van der Waals surface area contributed by atoms with Gasteiger partial charge in [-0.05, 0) is 37.1 Å². The Morgan fingerprint density at radius 2 is 2.10 bits per heavy atom. The highest BCUT2D eigenvalue weighted by atomic mass is 32.1. The largest absolute Gasteiger partial charge is 0.390 e. The molecule has 0 fully saturated rings. The van der Waals surface area contributed by atoms with Crippen molar-refractivity contribution in [2.24, 2.45) is 0 Å². The number of rotatable bonds is 3. The predicted octanol–water partition coefficient (Wildman–Crippen LogP) is 3.52. The number of nitrogens with two attached hydrogens (primary N) is 1. The van der Waals surface area contributed by atoms with Gasteiger partial charge in [0.25, 0.3) is 5.91 Å². The van der Waals surface area contributed by atoms with Crippen LogP contribution in [0.4, 0.5) is 9.39 Å². The zero-order valence-corrected chi connectivity index (χ0v) is 12.9. The van der Waals surface area contributed by atoms with Crippen molar-refractivity contribution in [1.29, 1.82) is 0 Å². The van der Waals surface area contributed by atoms with Gasteiger partial charge in [-0.1, -0.05) is 6.07 Å². The van der Waals surface area contributed by atoms with Crippen molar-refractivity contribution in [3.05, 3.63) is 40.0 Å². The Morgan fingerprint density at radius 3 is 2.76 bits per heavy atom. The summed E-state index contributed by atoms with van der Waals surface area (Å²) in [5, 5.41) is 0.562. The fourth-order valence-electron chi connectivity index (χ4n) is 2.91. The Balaban J connectivity index is 2.14. The lowest BCUT2D eigenvalue weighted by molar-refractivity contribution is 0.0775. The van der Waals surface area contributed by atoms with Gasteiger partial charge in [0.15, 0.2) is 0 Å². The molecule has 1 aliphatic carbocycles. The molecule has 3 nitrogen and oxygen atoms in total. The van der Waals surface area contributed by atoms with Gasteiger partial charge in [-0.15, -0.1) is 11.3 Å². The lowest BCUT2D eigenvalue weighted by Gasteiger charge is -2.19. The maximum Gasteiger partial charge on any atom is 0.257 e. The fraction of sp³-hybridized carbons (Fsp3) is 0.312. The normalized spacial score (nSPS) is 12.1. The molecule has 1 aromatic heterocycles. The first kappa shape index (κ1) is 14.1. The van der Waals surface area contributed by atoms with Crippen LogP contribution in [0.25, 0.3) is 11.1 Å². The molecule has 0 saturated heterocycles. The predicted molar refractivity (Wildman–Crippen MR) is 84.2 cm³/mol. The van der Waals surface area contributed by atoms with E-state index < -0.39 is 0 Å². The first-order chi connectivity index (χ1) is 10.1. The van der Waals surface area contributed by atoms with Crippen LogP contribution < -0.4 is 5.73 Å². The van der Waals surface area contributed by atoms with Crippen molar-refractivity contribution in [3.8, 4) is 11.1 Å². The molecule has 0 atom stereocenters. The third kappa shape index (κ3) is 2.12. The number of nitrogen functional groups attached to an aromatic ring is 1. The number of amides is 1. The molecule has 2 aromatic rings. The van der Waals surface area contributed by atoms with Crippen LogP contribution in [-0.4, -0.2) is 23.9 Å². The van der Waals surface area contributed by atoms with Crippen LogP contribution in [0.5, 0.6) is 0 Å². The minimum Gasteiger partial charge on any atom is -0.390 e. The van der Waals surface area contributed by atoms with E-state index in [9.17, 15) is 9.18 Å². The summed E-state index contributed by atoms with van der Waals surface area (Å²) >= 11 is 1.44. The highest BCUT2D eigenvalue weighted by Crippen LogP contribution is 2.46. The van der Waals surface area contributed by atoms with Crippen molar-refractivity contribution in [1.82, 2.24) is 4.90 Å². The number of nitrogens with zero attached hydrogens (tertiary/aromatic N) is 1. The summed E-state index contributed by atoms with van der Waals surface area (Å²) in [6, 6.07) is 4.74. The molecule has 0 aliphatic heterocycles. The van der Waals surface area contributed by atoms with Gasteiger partial charge in [-0.2, -0.15) is 0 Å². The van der Waals surface area contributed by atoms with E-state index in [4.69, 9.17) is 5.73 Å². The summed E-state index contributed by atoms with van der Waals surface area (Å²) in [5.41, 5.74) is 9.45. The van der Waals surface area contributed by atoms with Crippen molar-refractivity contribution >= 4 is 22.2 Å². The second-order valence-corrected chi connectivity index (χ2v) is 6.23. The zero-order valence-electron chi connectivity index (χ0n) is 12.1. The number of hydrogen-bond donors (Lipinski definition) is 1. The van der Waals surface area contributed by atoms with E-state index in [1.54, 1.807) is 17.0 Å². The van der Waals surface area contributed by atoms with Gasteiger partial charge in [0.05, 0.1) is 10.6 Å². The molecular formula is C16H17FN2OS. The summed E-state index contributed by atoms with van der Waals surface area (Å²) < 4.78 is 13.4. The molecule has 1 heterocycles. The number of fused-ring (bicyclic) bond motifs is 3. The summed E-state index contributed by atoms with van der Waals surface area (Å²) in [6.07, 6.45) is 0.656. The number of halogens is 1. The van der Waals surface area contributed by atoms with Crippen molar-refractivity contribution in [2.75, 3.05) is 18.8 Å². The van der Waals surface area contributed by atoms with Crippen LogP contribution >= 0.6 is 11.3 Å². The highest BCUT2D eigenvalue weighted by Gasteiger charge is 2.31. The molecule has 1 aliphatic rings. The molecule has 1 aromatic carbocycles. The third-order valence-corrected chi connectivity index (χ3v) is 4.98. The SMILES string of the molecule is CCN(CC)C(=O)c1c(N)sc2c1-c1ccc(F)cc1C2. The van der Waals surface area contributed by atoms with E-state index in [2.05, 4.69) is 0 Å². The van der Waals surface area contributed by atoms with Crippen LogP contribution in [0.3, 0.4) is 0 Å². The minimum absolute atomic E-state index is 0.0350. The van der Waals surface area contributed by atoms with E-state index in [1.807, 2.05) is 13.8 Å². The van der Waals surface area contributed by atoms with E-state index in [0.29, 0.717) is 30.1 Å². The number of carbonyl (C=O) groups is 1. The van der Waals surface area contributed by atoms with Crippen LogP contribution in [0, 0.1) is 5.82 Å². The van der Waals surface area contributed by atoms with Crippen molar-refractivity contribution in [2.45, 2.75) is 20.3 Å². The molecule has 5 heteroatoms. The van der Waals surface area contributed by atoms with E-state index in [1.165, 1.54) is 17.4 Å². The molecule has 0 spiro atoms. The minimum atomic E-state index is -0.242. The van der Waals surface area contributed by atoms with Gasteiger partial charge in [-0.3, -0.25) is 4.79 Å². The summed E-state index contributed by atoms with van der Waals surface area (Å²) in [4.78, 5) is 15.5. The molecule has 0 saturated carbocycles. The van der Waals surface area contributed by atoms with Gasteiger partial charge >= 0.3 is 0 Å². The smallest absolute Gasteiger partial charge is 0.257 e. The molecule has 2 N–H and O–H groups in total. The molecule has 0 unspecified atom stereocenters. The lowest BCUT2D eigenvalue weighted by Crippen LogP contribution is -2.31. The second-order valence-electron chi connectivity index (χ2n) is 5.10. The Kier molecular flexibility index (Phi) is 3.45. The first-order valence-corrected chi connectivity index (χ1v) is 7.87. The van der Waals surface area contributed by atoms with Gasteiger partial charge in [0.2, 0.25) is 0 Å². The molecular weight excluding hydrogens is 287 g/mol. The van der Waals surface area contributed by atoms with E-state index >= 15 is 0 Å². The number of anilines is 1. The van der Waals surface area contributed by atoms with Crippen molar-refractivity contribution in [3.63, 3.8) is 0 Å². The summed E-state index contributed by atoms with van der Waals surface area (Å²) in [6.45, 7) is 5.20. The van der Waals surface area contributed by atoms with Gasteiger partial charge < -0.3 is 10.6 Å². The average molecular weight is 304 g/mol. The number of thiophene rings is 1. The Bertz CT molecular complexity index is 719. The van der Waals surface area contributed by atoms with Crippen LogP contribution in [0.1, 0.15) is 34.6 Å². The standard InChI is InChI=1S/C16H17FN2OS/c1-3-19(4-2)16(20)14-13-11-6-5-10(17)7-9(11)8-12(13)21-15(14)18/h5-7H,3-4,8,18H2,1-2H3. The Hall–Kier alpha value is -1.88. The van der Waals surface area contributed by atoms with Gasteiger partial charge in [0.1, 0.15) is 5.82 Å². The maximum atomic E-state index is 13.4.